The molecule has 0 saturated carbocycles. The minimum atomic E-state index is -0.602. The number of rotatable bonds is 11. The molecular weight excluding hydrogens is 590 g/mol. The van der Waals surface area contributed by atoms with E-state index in [4.69, 9.17) is 18.9 Å². The van der Waals surface area contributed by atoms with Crippen molar-refractivity contribution >= 4 is 11.8 Å². The number of nitrogens with one attached hydrogen (secondary N) is 1. The van der Waals surface area contributed by atoms with Gasteiger partial charge in [0, 0.05) is 35.7 Å². The van der Waals surface area contributed by atoms with E-state index in [1.165, 1.54) is 0 Å². The van der Waals surface area contributed by atoms with E-state index >= 15 is 0 Å². The predicted octanol–water partition coefficient (Wildman–Crippen LogP) is 7.43. The Hall–Kier alpha value is -5.30. The van der Waals surface area contributed by atoms with Gasteiger partial charge in [-0.25, -0.2) is 4.79 Å². The van der Waals surface area contributed by atoms with E-state index in [0.29, 0.717) is 60.0 Å². The summed E-state index contributed by atoms with van der Waals surface area (Å²) in [7, 11) is 3.21. The summed E-state index contributed by atoms with van der Waals surface area (Å²) < 4.78 is 23.0. The third-order valence-corrected chi connectivity index (χ3v) is 8.83. The number of benzene rings is 4. The molecule has 0 amide bonds. The molecule has 1 heterocycles. The highest BCUT2D eigenvalue weighted by Gasteiger charge is 2.41. The van der Waals surface area contributed by atoms with E-state index in [9.17, 15) is 9.59 Å². The summed E-state index contributed by atoms with van der Waals surface area (Å²) in [6.45, 7) is 2.51. The first-order valence-electron chi connectivity index (χ1n) is 15.9. The first-order valence-corrected chi connectivity index (χ1v) is 15.9. The summed E-state index contributed by atoms with van der Waals surface area (Å²) in [5.41, 5.74) is 6.46. The molecule has 2 aliphatic rings. The summed E-state index contributed by atoms with van der Waals surface area (Å²) in [5.74, 6) is 0.798. The second-order valence-corrected chi connectivity index (χ2v) is 11.8. The predicted molar refractivity (Wildman–Crippen MR) is 180 cm³/mol. The zero-order valence-corrected chi connectivity index (χ0v) is 27.0. The summed E-state index contributed by atoms with van der Waals surface area (Å²) in [4.78, 5) is 28.0. The van der Waals surface area contributed by atoms with Crippen molar-refractivity contribution in [2.75, 3.05) is 20.8 Å². The number of carbonyl (C=O) groups excluding carboxylic acids is 2. The molecule has 2 atom stereocenters. The van der Waals surface area contributed by atoms with E-state index in [0.717, 1.165) is 28.0 Å². The highest BCUT2D eigenvalue weighted by Crippen LogP contribution is 2.47. The Morgan fingerprint density at radius 1 is 0.787 bits per heavy atom. The molecule has 0 aromatic heterocycles. The molecule has 1 aliphatic heterocycles. The Morgan fingerprint density at radius 2 is 1.51 bits per heavy atom. The molecule has 0 radical (unpaired) electrons. The van der Waals surface area contributed by atoms with Crippen LogP contribution in [0.4, 0.5) is 0 Å². The van der Waals surface area contributed by atoms with Gasteiger partial charge in [-0.2, -0.15) is 0 Å². The molecule has 4 aromatic rings. The van der Waals surface area contributed by atoms with Crippen molar-refractivity contribution in [3.05, 3.63) is 148 Å². The molecule has 7 nitrogen and oxygen atoms in total. The smallest absolute Gasteiger partial charge is 0.336 e. The van der Waals surface area contributed by atoms with E-state index in [1.54, 1.807) is 14.2 Å². The third kappa shape index (κ3) is 7.09. The number of ether oxygens (including phenoxy) is 4. The lowest BCUT2D eigenvalue weighted by molar-refractivity contribution is -0.139. The normalized spacial score (nSPS) is 17.5. The average molecular weight is 630 g/mol. The molecule has 0 spiro atoms. The topological polar surface area (TPSA) is 83.1 Å². The molecule has 0 saturated heterocycles. The van der Waals surface area contributed by atoms with Crippen molar-refractivity contribution in [1.82, 2.24) is 5.32 Å². The Bertz CT molecular complexity index is 1810. The molecule has 4 aromatic carbocycles. The van der Waals surface area contributed by atoms with Crippen molar-refractivity contribution in [3.63, 3.8) is 0 Å². The summed E-state index contributed by atoms with van der Waals surface area (Å²) in [5, 5.41) is 3.45. The van der Waals surface area contributed by atoms with Gasteiger partial charge >= 0.3 is 5.97 Å². The maximum Gasteiger partial charge on any atom is 0.336 e. The SMILES string of the molecule is COc1ccc([C@@H]2CC(=O)C3=C(C2)NC(C)=C(C(=O)OCCc2ccccc2)[C@H]3c2cccc(OCc3ccccc3)c2)cc1OC. The lowest BCUT2D eigenvalue weighted by atomic mass is 9.71. The van der Waals surface area contributed by atoms with Crippen molar-refractivity contribution in [2.24, 2.45) is 0 Å². The van der Waals surface area contributed by atoms with Gasteiger partial charge in [-0.3, -0.25) is 4.79 Å². The number of carbonyl (C=O) groups is 2. The molecule has 1 aliphatic carbocycles. The van der Waals surface area contributed by atoms with E-state index in [-0.39, 0.29) is 18.3 Å². The maximum absolute atomic E-state index is 14.2. The van der Waals surface area contributed by atoms with E-state index in [2.05, 4.69) is 5.32 Å². The van der Waals surface area contributed by atoms with Gasteiger partial charge in [0.25, 0.3) is 0 Å². The van der Waals surface area contributed by atoms with Crippen LogP contribution in [0.25, 0.3) is 0 Å². The largest absolute Gasteiger partial charge is 0.493 e. The van der Waals surface area contributed by atoms with Gasteiger partial charge in [0.15, 0.2) is 17.3 Å². The fourth-order valence-corrected chi connectivity index (χ4v) is 6.49. The third-order valence-electron chi connectivity index (χ3n) is 8.83. The van der Waals surface area contributed by atoms with Gasteiger partial charge in [-0.15, -0.1) is 0 Å². The standard InChI is InChI=1S/C40H39NO6/c1-26-37(40(43)46-20-19-27-11-6-4-7-12-27)38(30-15-10-16-32(21-30)47-25-28-13-8-5-9-14-28)39-33(41-26)22-31(23-34(39)42)29-17-18-35(44-2)36(24-29)45-3/h4-18,21,24,31,38,41H,19-20,22-23,25H2,1-3H3/t31-,38+/m0/s1. The molecule has 6 rings (SSSR count). The molecule has 0 bridgehead atoms. The van der Waals surface area contributed by atoms with E-state index in [1.807, 2.05) is 110 Å². The van der Waals surface area contributed by atoms with Crippen molar-refractivity contribution in [3.8, 4) is 17.2 Å². The van der Waals surface area contributed by atoms with Crippen LogP contribution in [-0.4, -0.2) is 32.6 Å². The molecule has 0 unspecified atom stereocenters. The Kier molecular flexibility index (Phi) is 9.72. The van der Waals surface area contributed by atoms with Crippen LogP contribution < -0.4 is 19.5 Å². The molecule has 7 heteroatoms. The van der Waals surface area contributed by atoms with Gasteiger partial charge < -0.3 is 24.3 Å². The van der Waals surface area contributed by atoms with Crippen LogP contribution in [0, 0.1) is 0 Å². The van der Waals surface area contributed by atoms with Crippen LogP contribution in [0.15, 0.2) is 126 Å². The highest BCUT2D eigenvalue weighted by atomic mass is 16.5. The van der Waals surface area contributed by atoms with Gasteiger partial charge in [-0.1, -0.05) is 78.9 Å². The number of hydrogen-bond donors (Lipinski definition) is 1. The lowest BCUT2D eigenvalue weighted by Gasteiger charge is -2.37. The first-order chi connectivity index (χ1) is 22.9. The Labute approximate surface area is 275 Å². The Balaban J connectivity index is 1.32. The highest BCUT2D eigenvalue weighted by molar-refractivity contribution is 6.04. The first kappa shape index (κ1) is 31.7. The van der Waals surface area contributed by atoms with Crippen LogP contribution in [0.3, 0.4) is 0 Å². The number of Topliss-reactive ketones (excluding diaryl/α,β-unsaturated/α-hetero) is 1. The van der Waals surface area contributed by atoms with Crippen LogP contribution in [0.5, 0.6) is 17.2 Å². The molecule has 47 heavy (non-hydrogen) atoms. The van der Waals surface area contributed by atoms with Crippen LogP contribution >= 0.6 is 0 Å². The fourth-order valence-electron chi connectivity index (χ4n) is 6.49. The average Bonchev–Trinajstić information content (AvgIpc) is 3.10. The van der Waals surface area contributed by atoms with Gasteiger partial charge in [0.1, 0.15) is 12.4 Å². The lowest BCUT2D eigenvalue weighted by Crippen LogP contribution is -2.36. The number of hydrogen-bond acceptors (Lipinski definition) is 7. The Morgan fingerprint density at radius 3 is 2.23 bits per heavy atom. The summed E-state index contributed by atoms with van der Waals surface area (Å²) >= 11 is 0. The zero-order chi connectivity index (χ0) is 32.8. The number of dihydropyridines is 1. The van der Waals surface area contributed by atoms with E-state index < -0.39 is 11.9 Å². The van der Waals surface area contributed by atoms with Gasteiger partial charge in [-0.05, 0) is 65.8 Å². The summed E-state index contributed by atoms with van der Waals surface area (Å²) in [6, 6.07) is 33.4. The van der Waals surface area contributed by atoms with Crippen molar-refractivity contribution in [1.29, 1.82) is 0 Å². The number of esters is 1. The van der Waals surface area contributed by atoms with Gasteiger partial charge in [0.2, 0.25) is 0 Å². The van der Waals surface area contributed by atoms with Crippen LogP contribution in [0.2, 0.25) is 0 Å². The molecular formula is C40H39NO6. The van der Waals surface area contributed by atoms with Crippen LogP contribution in [-0.2, 0) is 27.4 Å². The maximum atomic E-state index is 14.2. The zero-order valence-electron chi connectivity index (χ0n) is 27.0. The van der Waals surface area contributed by atoms with Crippen LogP contribution in [0.1, 0.15) is 53.9 Å². The minimum absolute atomic E-state index is 0.0128. The minimum Gasteiger partial charge on any atom is -0.493 e. The van der Waals surface area contributed by atoms with Crippen molar-refractivity contribution < 1.29 is 28.5 Å². The monoisotopic (exact) mass is 629 g/mol. The molecule has 0 fully saturated rings. The molecule has 1 N–H and O–H groups in total. The number of ketones is 1. The quantitative estimate of drug-likeness (QED) is 0.173. The van der Waals surface area contributed by atoms with Crippen molar-refractivity contribution in [2.45, 2.75) is 44.6 Å². The van der Waals surface area contributed by atoms with Gasteiger partial charge in [0.05, 0.1) is 26.4 Å². The molecule has 240 valence electrons. The fraction of sp³-hybridized carbons (Fsp3) is 0.250. The number of allylic oxidation sites excluding steroid dienone is 3. The number of methoxy groups -OCH3 is 2. The second kappa shape index (κ2) is 14.4. The summed E-state index contributed by atoms with van der Waals surface area (Å²) in [6.07, 6.45) is 1.50. The second-order valence-electron chi connectivity index (χ2n) is 11.8.